The molecule has 0 atom stereocenters. The van der Waals surface area contributed by atoms with Crippen molar-refractivity contribution in [3.05, 3.63) is 33.9 Å². The van der Waals surface area contributed by atoms with Gasteiger partial charge in [-0.2, -0.15) is 16.2 Å². The highest BCUT2D eigenvalue weighted by Crippen LogP contribution is 2.28. The predicted molar refractivity (Wildman–Crippen MR) is 64.5 cm³/mol. The van der Waals surface area contributed by atoms with E-state index >= 15 is 0 Å². The van der Waals surface area contributed by atoms with Crippen LogP contribution >= 0.6 is 11.8 Å². The topological polar surface area (TPSA) is 55.2 Å². The van der Waals surface area contributed by atoms with Gasteiger partial charge in [0, 0.05) is 18.7 Å². The zero-order valence-electron chi connectivity index (χ0n) is 9.20. The first kappa shape index (κ1) is 13.7. The number of halogens is 2. The fraction of sp³-hybridized carbons (Fsp3) is 0.400. The first-order chi connectivity index (χ1) is 8.06. The van der Waals surface area contributed by atoms with Crippen molar-refractivity contribution in [3.8, 4) is 0 Å². The highest BCUT2D eigenvalue weighted by Gasteiger charge is 2.21. The summed E-state index contributed by atoms with van der Waals surface area (Å²) in [5, 5.41) is 13.3. The molecule has 0 aromatic heterocycles. The van der Waals surface area contributed by atoms with Crippen LogP contribution in [0.3, 0.4) is 0 Å². The standard InChI is InChI=1S/C10H12F2N2O2S/c1-17-4-2-3-13-9-6-7(11)5-8(12)10(9)14(15)16/h5-6,13H,2-4H2,1H3. The number of hydrogen-bond donors (Lipinski definition) is 1. The molecule has 0 amide bonds. The largest absolute Gasteiger partial charge is 0.379 e. The van der Waals surface area contributed by atoms with E-state index in [0.717, 1.165) is 18.2 Å². The summed E-state index contributed by atoms with van der Waals surface area (Å²) in [5.41, 5.74) is -0.829. The van der Waals surface area contributed by atoms with Crippen molar-refractivity contribution in [2.24, 2.45) is 0 Å². The van der Waals surface area contributed by atoms with Gasteiger partial charge in [-0.05, 0) is 18.4 Å². The molecule has 17 heavy (non-hydrogen) atoms. The molecule has 94 valence electrons. The van der Waals surface area contributed by atoms with E-state index in [1.807, 2.05) is 6.26 Å². The van der Waals surface area contributed by atoms with Crippen LogP contribution in [0.1, 0.15) is 6.42 Å². The zero-order valence-corrected chi connectivity index (χ0v) is 10.0. The molecule has 1 N–H and O–H groups in total. The summed E-state index contributed by atoms with van der Waals surface area (Å²) in [6, 6.07) is 1.44. The zero-order chi connectivity index (χ0) is 12.8. The number of hydrogen-bond acceptors (Lipinski definition) is 4. The summed E-state index contributed by atoms with van der Waals surface area (Å²) < 4.78 is 26.2. The fourth-order valence-corrected chi connectivity index (χ4v) is 1.76. The molecule has 7 heteroatoms. The van der Waals surface area contributed by atoms with Crippen LogP contribution in [0.25, 0.3) is 0 Å². The molecular weight excluding hydrogens is 250 g/mol. The van der Waals surface area contributed by atoms with Gasteiger partial charge in [0.1, 0.15) is 11.5 Å². The SMILES string of the molecule is CSCCCNc1cc(F)cc(F)c1[N+](=O)[O-]. The Labute approximate surface area is 102 Å². The lowest BCUT2D eigenvalue weighted by Crippen LogP contribution is -2.07. The minimum absolute atomic E-state index is 0.117. The number of rotatable bonds is 6. The Morgan fingerprint density at radius 3 is 2.76 bits per heavy atom. The summed E-state index contributed by atoms with van der Waals surface area (Å²) in [7, 11) is 0. The fourth-order valence-electron chi connectivity index (χ4n) is 1.33. The summed E-state index contributed by atoms with van der Waals surface area (Å²) >= 11 is 1.63. The molecule has 1 rings (SSSR count). The van der Waals surface area contributed by atoms with Crippen molar-refractivity contribution >= 4 is 23.1 Å². The van der Waals surface area contributed by atoms with Gasteiger partial charge in [-0.15, -0.1) is 0 Å². The number of nitro benzene ring substituents is 1. The molecule has 1 aromatic rings. The molecule has 0 fully saturated rings. The van der Waals surface area contributed by atoms with E-state index < -0.39 is 22.2 Å². The van der Waals surface area contributed by atoms with E-state index in [1.165, 1.54) is 0 Å². The molecule has 0 bridgehead atoms. The lowest BCUT2D eigenvalue weighted by Gasteiger charge is -2.07. The molecule has 0 aliphatic heterocycles. The van der Waals surface area contributed by atoms with Gasteiger partial charge in [0.15, 0.2) is 0 Å². The van der Waals surface area contributed by atoms with Crippen LogP contribution in [0, 0.1) is 21.7 Å². The van der Waals surface area contributed by atoms with E-state index in [0.29, 0.717) is 12.6 Å². The molecule has 0 saturated heterocycles. The Morgan fingerprint density at radius 2 is 2.18 bits per heavy atom. The van der Waals surface area contributed by atoms with Crippen LogP contribution in [0.2, 0.25) is 0 Å². The van der Waals surface area contributed by atoms with Gasteiger partial charge in [0.2, 0.25) is 5.82 Å². The van der Waals surface area contributed by atoms with Crippen molar-refractivity contribution in [2.75, 3.05) is 23.9 Å². The van der Waals surface area contributed by atoms with E-state index in [9.17, 15) is 18.9 Å². The minimum Gasteiger partial charge on any atom is -0.379 e. The number of nitro groups is 1. The molecule has 0 saturated carbocycles. The number of anilines is 1. The number of benzene rings is 1. The second-order valence-electron chi connectivity index (χ2n) is 3.31. The molecule has 4 nitrogen and oxygen atoms in total. The second kappa shape index (κ2) is 6.39. The first-order valence-corrected chi connectivity index (χ1v) is 6.32. The quantitative estimate of drug-likeness (QED) is 0.486. The van der Waals surface area contributed by atoms with E-state index in [4.69, 9.17) is 0 Å². The molecule has 1 aromatic carbocycles. The Morgan fingerprint density at radius 1 is 1.47 bits per heavy atom. The highest BCUT2D eigenvalue weighted by atomic mass is 32.2. The summed E-state index contributed by atoms with van der Waals surface area (Å²) in [6.07, 6.45) is 2.70. The molecule has 0 unspecified atom stereocenters. The molecule has 0 heterocycles. The minimum atomic E-state index is -1.16. The van der Waals surface area contributed by atoms with Gasteiger partial charge in [0.05, 0.1) is 4.92 Å². The van der Waals surface area contributed by atoms with Crippen molar-refractivity contribution < 1.29 is 13.7 Å². The lowest BCUT2D eigenvalue weighted by molar-refractivity contribution is -0.386. The van der Waals surface area contributed by atoms with Crippen molar-refractivity contribution in [1.82, 2.24) is 0 Å². The monoisotopic (exact) mass is 262 g/mol. The van der Waals surface area contributed by atoms with E-state index in [2.05, 4.69) is 5.32 Å². The second-order valence-corrected chi connectivity index (χ2v) is 4.30. The van der Waals surface area contributed by atoms with Gasteiger partial charge >= 0.3 is 5.69 Å². The molecule has 0 radical (unpaired) electrons. The summed E-state index contributed by atoms with van der Waals surface area (Å²) in [4.78, 5) is 9.79. The van der Waals surface area contributed by atoms with Crippen LogP contribution in [0.15, 0.2) is 12.1 Å². The predicted octanol–water partition coefficient (Wildman–Crippen LogP) is 3.04. The molecular formula is C10H12F2N2O2S. The molecule has 0 aliphatic carbocycles. The lowest BCUT2D eigenvalue weighted by atomic mass is 10.2. The van der Waals surface area contributed by atoms with Crippen molar-refractivity contribution in [1.29, 1.82) is 0 Å². The molecule has 0 aliphatic rings. The van der Waals surface area contributed by atoms with Gasteiger partial charge in [-0.3, -0.25) is 10.1 Å². The van der Waals surface area contributed by atoms with E-state index in [-0.39, 0.29) is 5.69 Å². The number of nitrogens with zero attached hydrogens (tertiary/aromatic N) is 1. The van der Waals surface area contributed by atoms with Crippen LogP contribution < -0.4 is 5.32 Å². The normalized spacial score (nSPS) is 10.3. The maximum Gasteiger partial charge on any atom is 0.327 e. The van der Waals surface area contributed by atoms with Crippen molar-refractivity contribution in [2.45, 2.75) is 6.42 Å². The van der Waals surface area contributed by atoms with Crippen LogP contribution in [-0.2, 0) is 0 Å². The van der Waals surface area contributed by atoms with Gasteiger partial charge in [0.25, 0.3) is 0 Å². The average molecular weight is 262 g/mol. The Kier molecular flexibility index (Phi) is 5.14. The van der Waals surface area contributed by atoms with E-state index in [1.54, 1.807) is 11.8 Å². The maximum atomic E-state index is 13.2. The number of nitrogens with one attached hydrogen (secondary N) is 1. The first-order valence-electron chi connectivity index (χ1n) is 4.92. The Bertz CT molecular complexity index is 416. The van der Waals surface area contributed by atoms with Crippen LogP contribution in [-0.4, -0.2) is 23.5 Å². The van der Waals surface area contributed by atoms with Gasteiger partial charge < -0.3 is 5.32 Å². The highest BCUT2D eigenvalue weighted by molar-refractivity contribution is 7.98. The Balaban J connectivity index is 2.85. The van der Waals surface area contributed by atoms with Crippen LogP contribution in [0.5, 0.6) is 0 Å². The maximum absolute atomic E-state index is 13.2. The summed E-state index contributed by atoms with van der Waals surface area (Å²) in [6.45, 7) is 0.435. The Hall–Kier alpha value is -1.37. The number of thioether (sulfide) groups is 1. The van der Waals surface area contributed by atoms with Gasteiger partial charge in [-0.25, -0.2) is 4.39 Å². The third-order valence-electron chi connectivity index (χ3n) is 2.05. The summed E-state index contributed by atoms with van der Waals surface area (Å²) in [5.74, 6) is -1.12. The smallest absolute Gasteiger partial charge is 0.327 e. The van der Waals surface area contributed by atoms with Gasteiger partial charge in [-0.1, -0.05) is 0 Å². The third-order valence-corrected chi connectivity index (χ3v) is 2.75. The average Bonchev–Trinajstić information content (AvgIpc) is 2.22. The third kappa shape index (κ3) is 3.85. The van der Waals surface area contributed by atoms with Crippen molar-refractivity contribution in [3.63, 3.8) is 0 Å². The molecule has 0 spiro atoms. The van der Waals surface area contributed by atoms with Crippen LogP contribution in [0.4, 0.5) is 20.2 Å².